The Morgan fingerprint density at radius 3 is 2.68 bits per heavy atom. The van der Waals surface area contributed by atoms with E-state index in [1.165, 1.54) is 6.07 Å². The van der Waals surface area contributed by atoms with E-state index in [1.807, 2.05) is 0 Å². The first-order valence-corrected chi connectivity index (χ1v) is 6.87. The Hall–Kier alpha value is -1.56. The van der Waals surface area contributed by atoms with Crippen LogP contribution in [0.3, 0.4) is 0 Å². The number of carbonyl (C=O) groups is 2. The van der Waals surface area contributed by atoms with Crippen LogP contribution in [-0.2, 0) is 9.53 Å². The van der Waals surface area contributed by atoms with Crippen LogP contribution in [0.4, 0.5) is 5.69 Å². The van der Waals surface area contributed by atoms with E-state index in [4.69, 9.17) is 10.5 Å². The van der Waals surface area contributed by atoms with E-state index in [9.17, 15) is 9.59 Å². The van der Waals surface area contributed by atoms with Crippen LogP contribution < -0.4 is 5.73 Å². The van der Waals surface area contributed by atoms with E-state index in [0.717, 1.165) is 25.9 Å². The number of esters is 1. The van der Waals surface area contributed by atoms with Crippen LogP contribution in [0.1, 0.15) is 23.2 Å². The highest BCUT2D eigenvalue weighted by atomic mass is 79.9. The van der Waals surface area contributed by atoms with Crippen molar-refractivity contribution in [3.8, 4) is 0 Å². The highest BCUT2D eigenvalue weighted by Crippen LogP contribution is 2.20. The highest BCUT2D eigenvalue weighted by molar-refractivity contribution is 9.10. The van der Waals surface area contributed by atoms with Gasteiger partial charge < -0.3 is 15.4 Å². The lowest BCUT2D eigenvalue weighted by Crippen LogP contribution is -2.32. The molecule has 0 radical (unpaired) electrons. The zero-order chi connectivity index (χ0) is 13.8. The summed E-state index contributed by atoms with van der Waals surface area (Å²) in [5.41, 5.74) is 6.42. The second-order valence-electron chi connectivity index (χ2n) is 4.40. The van der Waals surface area contributed by atoms with E-state index >= 15 is 0 Å². The highest BCUT2D eigenvalue weighted by Gasteiger charge is 2.20. The minimum Gasteiger partial charge on any atom is -0.452 e. The molecule has 0 bridgehead atoms. The number of likely N-dealkylation sites (tertiary alicyclic amines) is 1. The Morgan fingerprint density at radius 1 is 1.32 bits per heavy atom. The van der Waals surface area contributed by atoms with Gasteiger partial charge in [0.25, 0.3) is 5.91 Å². The smallest absolute Gasteiger partial charge is 0.339 e. The normalized spacial score (nSPS) is 14.5. The summed E-state index contributed by atoms with van der Waals surface area (Å²) in [5, 5.41) is 0. The van der Waals surface area contributed by atoms with Crippen molar-refractivity contribution >= 4 is 33.5 Å². The number of nitrogens with two attached hydrogens (primary N) is 1. The molecule has 5 nitrogen and oxygen atoms in total. The molecule has 0 saturated carbocycles. The number of nitrogens with zero attached hydrogens (tertiary/aromatic N) is 1. The lowest BCUT2D eigenvalue weighted by molar-refractivity contribution is -0.133. The first-order valence-electron chi connectivity index (χ1n) is 6.08. The van der Waals surface area contributed by atoms with Crippen LogP contribution in [0.5, 0.6) is 0 Å². The van der Waals surface area contributed by atoms with Crippen LogP contribution >= 0.6 is 15.9 Å². The molecular weight excluding hydrogens is 312 g/mol. The van der Waals surface area contributed by atoms with E-state index < -0.39 is 5.97 Å². The monoisotopic (exact) mass is 326 g/mol. The number of anilines is 1. The number of carbonyl (C=O) groups excluding carboxylic acids is 2. The predicted molar refractivity (Wildman–Crippen MR) is 74.7 cm³/mol. The van der Waals surface area contributed by atoms with E-state index in [0.29, 0.717) is 15.7 Å². The molecular formula is C13H15BrN2O3. The quantitative estimate of drug-likeness (QED) is 0.679. The Kier molecular flexibility index (Phi) is 4.42. The molecule has 1 amide bonds. The molecule has 0 aliphatic carbocycles. The third kappa shape index (κ3) is 3.47. The van der Waals surface area contributed by atoms with Gasteiger partial charge >= 0.3 is 5.97 Å². The number of nitrogen functional groups attached to an aromatic ring is 1. The topological polar surface area (TPSA) is 72.6 Å². The molecule has 6 heteroatoms. The van der Waals surface area contributed by atoms with E-state index in [2.05, 4.69) is 15.9 Å². The fourth-order valence-corrected chi connectivity index (χ4v) is 2.37. The summed E-state index contributed by atoms with van der Waals surface area (Å²) >= 11 is 3.25. The molecule has 1 aliphatic rings. The standard InChI is InChI=1S/C13H15BrN2O3/c14-11-4-3-9(15)7-10(11)13(18)19-8-12(17)16-5-1-2-6-16/h3-4,7H,1-2,5-6,8,15H2. The van der Waals surface area contributed by atoms with Crippen molar-refractivity contribution in [2.24, 2.45) is 0 Å². The molecule has 1 aromatic carbocycles. The Labute approximate surface area is 119 Å². The van der Waals surface area contributed by atoms with Crippen LogP contribution in [0.15, 0.2) is 22.7 Å². The second kappa shape index (κ2) is 6.06. The third-order valence-electron chi connectivity index (χ3n) is 3.00. The number of halogens is 1. The van der Waals surface area contributed by atoms with Gasteiger partial charge in [-0.15, -0.1) is 0 Å². The van der Waals surface area contributed by atoms with Crippen LogP contribution in [-0.4, -0.2) is 36.5 Å². The summed E-state index contributed by atoms with van der Waals surface area (Å²) < 4.78 is 5.62. The maximum Gasteiger partial charge on any atom is 0.339 e. The largest absolute Gasteiger partial charge is 0.452 e. The summed E-state index contributed by atoms with van der Waals surface area (Å²) in [5.74, 6) is -0.697. The number of hydrogen-bond acceptors (Lipinski definition) is 4. The third-order valence-corrected chi connectivity index (χ3v) is 3.69. The van der Waals surface area contributed by atoms with Crippen molar-refractivity contribution in [1.29, 1.82) is 0 Å². The van der Waals surface area contributed by atoms with Crippen LogP contribution in [0.25, 0.3) is 0 Å². The average Bonchev–Trinajstić information content (AvgIpc) is 2.92. The van der Waals surface area contributed by atoms with Gasteiger partial charge in [-0.25, -0.2) is 4.79 Å². The molecule has 0 atom stereocenters. The number of benzene rings is 1. The maximum absolute atomic E-state index is 11.9. The average molecular weight is 327 g/mol. The molecule has 1 aliphatic heterocycles. The Balaban J connectivity index is 1.93. The van der Waals surface area contributed by atoms with Gasteiger partial charge in [0.1, 0.15) is 0 Å². The van der Waals surface area contributed by atoms with Crippen molar-refractivity contribution in [2.45, 2.75) is 12.8 Å². The van der Waals surface area contributed by atoms with Crippen molar-refractivity contribution < 1.29 is 14.3 Å². The lowest BCUT2D eigenvalue weighted by atomic mass is 10.2. The van der Waals surface area contributed by atoms with Crippen molar-refractivity contribution in [2.75, 3.05) is 25.4 Å². The first-order chi connectivity index (χ1) is 9.08. The minimum absolute atomic E-state index is 0.147. The van der Waals surface area contributed by atoms with Crippen LogP contribution in [0.2, 0.25) is 0 Å². The zero-order valence-electron chi connectivity index (χ0n) is 10.4. The SMILES string of the molecule is Nc1ccc(Br)c(C(=O)OCC(=O)N2CCCC2)c1. The molecule has 1 aromatic rings. The van der Waals surface area contributed by atoms with Gasteiger partial charge in [0.15, 0.2) is 6.61 Å². The van der Waals surface area contributed by atoms with Gasteiger partial charge in [-0.3, -0.25) is 4.79 Å². The molecule has 1 fully saturated rings. The second-order valence-corrected chi connectivity index (χ2v) is 5.26. The predicted octanol–water partition coefficient (Wildman–Crippen LogP) is 1.81. The van der Waals surface area contributed by atoms with Gasteiger partial charge in [-0.2, -0.15) is 0 Å². The Bertz CT molecular complexity index is 499. The lowest BCUT2D eigenvalue weighted by Gasteiger charge is -2.15. The van der Waals surface area contributed by atoms with Gasteiger partial charge in [0.05, 0.1) is 5.56 Å². The maximum atomic E-state index is 11.9. The molecule has 102 valence electrons. The van der Waals surface area contributed by atoms with Crippen molar-refractivity contribution in [3.63, 3.8) is 0 Å². The van der Waals surface area contributed by atoms with E-state index in [1.54, 1.807) is 17.0 Å². The fourth-order valence-electron chi connectivity index (χ4n) is 1.96. The summed E-state index contributed by atoms with van der Waals surface area (Å²) in [6.07, 6.45) is 2.03. The molecule has 19 heavy (non-hydrogen) atoms. The van der Waals surface area contributed by atoms with Gasteiger partial charge in [0.2, 0.25) is 0 Å². The molecule has 2 rings (SSSR count). The fraction of sp³-hybridized carbons (Fsp3) is 0.385. The zero-order valence-corrected chi connectivity index (χ0v) is 12.0. The molecule has 0 spiro atoms. The number of amides is 1. The number of ether oxygens (including phenoxy) is 1. The van der Waals surface area contributed by atoms with E-state index in [-0.39, 0.29) is 12.5 Å². The molecule has 1 heterocycles. The molecule has 0 aromatic heterocycles. The Morgan fingerprint density at radius 2 is 2.00 bits per heavy atom. The molecule has 1 saturated heterocycles. The summed E-state index contributed by atoms with van der Waals surface area (Å²) in [7, 11) is 0. The van der Waals surface area contributed by atoms with Crippen LogP contribution in [0, 0.1) is 0 Å². The summed E-state index contributed by atoms with van der Waals surface area (Å²) in [6.45, 7) is 1.27. The number of rotatable bonds is 3. The first kappa shape index (κ1) is 13.9. The van der Waals surface area contributed by atoms with Crippen molar-refractivity contribution in [3.05, 3.63) is 28.2 Å². The number of hydrogen-bond donors (Lipinski definition) is 1. The minimum atomic E-state index is -0.549. The molecule has 0 unspecified atom stereocenters. The van der Waals surface area contributed by atoms with Gasteiger partial charge in [0, 0.05) is 23.2 Å². The van der Waals surface area contributed by atoms with Gasteiger partial charge in [-0.1, -0.05) is 0 Å². The summed E-state index contributed by atoms with van der Waals surface area (Å²) in [6, 6.07) is 4.87. The molecule has 2 N–H and O–H groups in total. The van der Waals surface area contributed by atoms with Crippen molar-refractivity contribution in [1.82, 2.24) is 4.90 Å². The van der Waals surface area contributed by atoms with Gasteiger partial charge in [-0.05, 0) is 47.0 Å². The summed E-state index contributed by atoms with van der Waals surface area (Å²) in [4.78, 5) is 25.3.